The van der Waals surface area contributed by atoms with E-state index in [9.17, 15) is 9.18 Å². The van der Waals surface area contributed by atoms with Crippen molar-refractivity contribution in [1.82, 2.24) is 19.8 Å². The minimum absolute atomic E-state index is 0.0119. The van der Waals surface area contributed by atoms with E-state index in [1.165, 1.54) is 31.7 Å². The molecule has 3 fully saturated rings. The quantitative estimate of drug-likeness (QED) is 0.649. The first-order valence-electron chi connectivity index (χ1n) is 12.6. The summed E-state index contributed by atoms with van der Waals surface area (Å²) in [6, 6.07) is 7.34. The first-order chi connectivity index (χ1) is 16.0. The number of amides is 1. The minimum Gasteiger partial charge on any atom is -0.334 e. The number of nitrogens with zero attached hydrogens (tertiary/aromatic N) is 4. The van der Waals surface area contributed by atoms with Gasteiger partial charge in [0.25, 0.3) is 0 Å². The third-order valence-corrected chi connectivity index (χ3v) is 8.09. The molecule has 6 heteroatoms. The Kier molecular flexibility index (Phi) is 6.46. The average molecular weight is 451 g/mol. The lowest BCUT2D eigenvalue weighted by molar-refractivity contribution is -0.145. The number of carbonyl (C=O) groups excluding carboxylic acids is 1. The second-order valence-corrected chi connectivity index (χ2v) is 10.4. The molecule has 33 heavy (non-hydrogen) atoms. The minimum atomic E-state index is -0.287. The average Bonchev–Trinajstić information content (AvgIpc) is 3.52. The second kappa shape index (κ2) is 9.49. The summed E-state index contributed by atoms with van der Waals surface area (Å²) < 4.78 is 13.6. The van der Waals surface area contributed by atoms with Gasteiger partial charge in [-0.15, -0.1) is 0 Å². The number of likely N-dealkylation sites (tertiary alicyclic amines) is 2. The number of aromatic nitrogens is 2. The number of hydrogen-bond acceptors (Lipinski definition) is 4. The Bertz CT molecular complexity index is 982. The second-order valence-electron chi connectivity index (χ2n) is 10.4. The van der Waals surface area contributed by atoms with Gasteiger partial charge in [0, 0.05) is 30.6 Å². The number of piperidine rings is 1. The summed E-state index contributed by atoms with van der Waals surface area (Å²) in [6.45, 7) is 5.03. The molecule has 1 aromatic carbocycles. The lowest BCUT2D eigenvalue weighted by atomic mass is 9.78. The van der Waals surface area contributed by atoms with E-state index in [1.807, 2.05) is 6.07 Å². The van der Waals surface area contributed by atoms with Crippen molar-refractivity contribution >= 4 is 5.91 Å². The largest absolute Gasteiger partial charge is 0.334 e. The molecule has 1 aromatic heterocycles. The number of hydrogen-bond donors (Lipinski definition) is 0. The molecule has 0 N–H and O–H groups in total. The third kappa shape index (κ3) is 4.81. The lowest BCUT2D eigenvalue weighted by Gasteiger charge is -2.43. The van der Waals surface area contributed by atoms with E-state index in [0.29, 0.717) is 6.42 Å². The van der Waals surface area contributed by atoms with Gasteiger partial charge in [0.05, 0.1) is 23.6 Å². The first kappa shape index (κ1) is 22.5. The van der Waals surface area contributed by atoms with Crippen molar-refractivity contribution in [3.63, 3.8) is 0 Å². The van der Waals surface area contributed by atoms with Crippen LogP contribution in [0.5, 0.6) is 0 Å². The number of benzene rings is 1. The summed E-state index contributed by atoms with van der Waals surface area (Å²) in [5.41, 5.74) is 2.27. The van der Waals surface area contributed by atoms with Crippen molar-refractivity contribution < 1.29 is 9.18 Å². The maximum absolute atomic E-state index is 13.8. The van der Waals surface area contributed by atoms with Crippen LogP contribution < -0.4 is 0 Å². The van der Waals surface area contributed by atoms with Crippen molar-refractivity contribution in [3.05, 3.63) is 59.4 Å². The summed E-state index contributed by atoms with van der Waals surface area (Å²) in [6.07, 6.45) is 13.2. The number of halogens is 1. The summed E-state index contributed by atoms with van der Waals surface area (Å²) in [7, 11) is 0. The predicted molar refractivity (Wildman–Crippen MR) is 126 cm³/mol. The van der Waals surface area contributed by atoms with Crippen molar-refractivity contribution in [2.75, 3.05) is 19.6 Å². The fraction of sp³-hybridized carbons (Fsp3) is 0.593. The maximum atomic E-state index is 13.8. The Labute approximate surface area is 196 Å². The third-order valence-electron chi connectivity index (χ3n) is 8.09. The van der Waals surface area contributed by atoms with E-state index in [4.69, 9.17) is 4.98 Å². The molecule has 5 rings (SSSR count). The highest BCUT2D eigenvalue weighted by atomic mass is 19.1. The summed E-state index contributed by atoms with van der Waals surface area (Å²) in [4.78, 5) is 27.7. The van der Waals surface area contributed by atoms with Crippen LogP contribution in [0.15, 0.2) is 36.7 Å². The molecular weight excluding hydrogens is 415 g/mol. The van der Waals surface area contributed by atoms with Gasteiger partial charge in [-0.05, 0) is 69.3 Å². The molecule has 0 radical (unpaired) electrons. The highest BCUT2D eigenvalue weighted by Crippen LogP contribution is 2.40. The highest BCUT2D eigenvalue weighted by molar-refractivity contribution is 5.83. The molecule has 2 saturated heterocycles. The van der Waals surface area contributed by atoms with Crippen LogP contribution in [0.3, 0.4) is 0 Å². The van der Waals surface area contributed by atoms with Gasteiger partial charge >= 0.3 is 0 Å². The standard InChI is InChI=1S/C27H35FN4O/c1-27(11-14-31(15-12-27)23-8-2-3-9-23)26(33)32-13-5-10-25(32)24-19-29-18-22(30-24)17-20-6-4-7-21(28)16-20/h4,6-7,16,18-19,23,25H,2-3,5,8-15,17H2,1H3/t25-/m0/s1. The Morgan fingerprint density at radius 1 is 1.09 bits per heavy atom. The van der Waals surface area contributed by atoms with Crippen LogP contribution >= 0.6 is 0 Å². The number of carbonyl (C=O) groups is 1. The normalized spacial score (nSPS) is 23.8. The zero-order chi connectivity index (χ0) is 22.8. The fourth-order valence-electron chi connectivity index (χ4n) is 6.05. The van der Waals surface area contributed by atoms with Gasteiger partial charge in [-0.2, -0.15) is 0 Å². The zero-order valence-corrected chi connectivity index (χ0v) is 19.7. The molecule has 3 aliphatic rings. The molecule has 5 nitrogen and oxygen atoms in total. The first-order valence-corrected chi connectivity index (χ1v) is 12.6. The zero-order valence-electron chi connectivity index (χ0n) is 19.7. The molecule has 1 amide bonds. The Morgan fingerprint density at radius 2 is 1.88 bits per heavy atom. The molecule has 0 spiro atoms. The van der Waals surface area contributed by atoms with E-state index >= 15 is 0 Å². The highest BCUT2D eigenvalue weighted by Gasteiger charge is 2.44. The molecular formula is C27H35FN4O. The summed E-state index contributed by atoms with van der Waals surface area (Å²) >= 11 is 0. The van der Waals surface area contributed by atoms with E-state index in [-0.39, 0.29) is 23.2 Å². The van der Waals surface area contributed by atoms with Crippen molar-refractivity contribution in [2.45, 2.75) is 76.8 Å². The topological polar surface area (TPSA) is 49.3 Å². The molecule has 3 heterocycles. The molecule has 0 unspecified atom stereocenters. The van der Waals surface area contributed by atoms with Gasteiger partial charge in [-0.3, -0.25) is 14.8 Å². The van der Waals surface area contributed by atoms with Gasteiger partial charge in [0.2, 0.25) is 5.91 Å². The van der Waals surface area contributed by atoms with E-state index in [2.05, 4.69) is 21.7 Å². The lowest BCUT2D eigenvalue weighted by Crippen LogP contribution is -2.50. The molecule has 0 bridgehead atoms. The molecule has 2 aromatic rings. The Balaban J connectivity index is 1.27. The van der Waals surface area contributed by atoms with Gasteiger partial charge in [-0.25, -0.2) is 4.39 Å². The summed E-state index contributed by atoms with van der Waals surface area (Å²) in [5.74, 6) is 0.0461. The van der Waals surface area contributed by atoms with E-state index in [0.717, 1.165) is 68.3 Å². The monoisotopic (exact) mass is 450 g/mol. The smallest absolute Gasteiger partial charge is 0.229 e. The SMILES string of the molecule is CC1(C(=O)N2CCC[C@H]2c2cncc(Cc3cccc(F)c3)n2)CCN(C2CCCC2)CC1. The van der Waals surface area contributed by atoms with E-state index < -0.39 is 0 Å². The van der Waals surface area contributed by atoms with Gasteiger partial charge in [0.15, 0.2) is 0 Å². The van der Waals surface area contributed by atoms with E-state index in [1.54, 1.807) is 24.5 Å². The molecule has 1 aliphatic carbocycles. The summed E-state index contributed by atoms with van der Waals surface area (Å²) in [5, 5.41) is 0. The maximum Gasteiger partial charge on any atom is 0.229 e. The molecule has 1 saturated carbocycles. The van der Waals surface area contributed by atoms with Crippen LogP contribution in [0.4, 0.5) is 4.39 Å². The van der Waals surface area contributed by atoms with Crippen LogP contribution in [0, 0.1) is 11.2 Å². The van der Waals surface area contributed by atoms with Crippen LogP contribution in [0.25, 0.3) is 0 Å². The van der Waals surface area contributed by atoms with Gasteiger partial charge < -0.3 is 9.80 Å². The number of rotatable bonds is 5. The van der Waals surface area contributed by atoms with Crippen molar-refractivity contribution in [1.29, 1.82) is 0 Å². The van der Waals surface area contributed by atoms with Gasteiger partial charge in [-0.1, -0.05) is 31.9 Å². The van der Waals surface area contributed by atoms with Crippen molar-refractivity contribution in [3.8, 4) is 0 Å². The predicted octanol–water partition coefficient (Wildman–Crippen LogP) is 4.91. The van der Waals surface area contributed by atoms with Crippen LogP contribution in [-0.4, -0.2) is 51.4 Å². The Hall–Kier alpha value is -2.34. The Morgan fingerprint density at radius 3 is 2.64 bits per heavy atom. The molecule has 1 atom stereocenters. The van der Waals surface area contributed by atoms with Crippen LogP contribution in [-0.2, 0) is 11.2 Å². The molecule has 2 aliphatic heterocycles. The van der Waals surface area contributed by atoms with Gasteiger partial charge in [0.1, 0.15) is 5.82 Å². The fourth-order valence-corrected chi connectivity index (χ4v) is 6.05. The van der Waals surface area contributed by atoms with Crippen LogP contribution in [0.2, 0.25) is 0 Å². The van der Waals surface area contributed by atoms with Crippen molar-refractivity contribution in [2.24, 2.45) is 5.41 Å². The van der Waals surface area contributed by atoms with Crippen LogP contribution in [0.1, 0.15) is 81.3 Å². The molecule has 176 valence electrons.